The maximum atomic E-state index is 8.92. The van der Waals surface area contributed by atoms with Crippen molar-refractivity contribution in [2.75, 3.05) is 0 Å². The summed E-state index contributed by atoms with van der Waals surface area (Å²) in [6, 6.07) is 14.5. The Morgan fingerprint density at radius 3 is 2.46 bits per heavy atom. The van der Waals surface area contributed by atoms with Crippen LogP contribution in [0.1, 0.15) is 11.1 Å². The summed E-state index contributed by atoms with van der Waals surface area (Å²) in [6.45, 7) is 0.453. The average molecular weight is 475 g/mol. The number of nitrogens with zero attached hydrogens (tertiary/aromatic N) is 7. The molecular formula is C18H10BrCl2N7. The highest BCUT2D eigenvalue weighted by atomic mass is 79.9. The van der Waals surface area contributed by atoms with Gasteiger partial charge < -0.3 is 0 Å². The lowest BCUT2D eigenvalue weighted by Gasteiger charge is -2.07. The molecule has 0 N–H and O–H groups in total. The van der Waals surface area contributed by atoms with E-state index in [9.17, 15) is 0 Å². The van der Waals surface area contributed by atoms with E-state index in [1.54, 1.807) is 45.9 Å². The molecule has 0 fully saturated rings. The zero-order valence-corrected chi connectivity index (χ0v) is 17.2. The van der Waals surface area contributed by atoms with Crippen LogP contribution >= 0.6 is 39.1 Å². The van der Waals surface area contributed by atoms with Crippen molar-refractivity contribution in [1.82, 2.24) is 30.0 Å². The van der Waals surface area contributed by atoms with Gasteiger partial charge in [0.15, 0.2) is 5.82 Å². The maximum absolute atomic E-state index is 8.92. The molecular weight excluding hydrogens is 465 g/mol. The molecule has 0 saturated heterocycles. The predicted molar refractivity (Wildman–Crippen MR) is 108 cm³/mol. The minimum Gasteiger partial charge on any atom is -0.226 e. The molecule has 2 heterocycles. The molecule has 4 aromatic rings. The first kappa shape index (κ1) is 18.6. The van der Waals surface area contributed by atoms with Crippen LogP contribution < -0.4 is 0 Å². The fraction of sp³-hybridized carbons (Fsp3) is 0.0556. The standard InChI is InChI=1S/C18H10BrCl2N7/c19-17-16(9-23-28(17)15-6-13(20)5-14(21)7-15)18-24-25-26-27(18)10-12-3-1-11(8-22)2-4-12/h1-7,9H,10H2. The van der Waals surface area contributed by atoms with E-state index in [4.69, 9.17) is 28.5 Å². The normalized spacial score (nSPS) is 10.8. The second-order valence-electron chi connectivity index (χ2n) is 5.86. The largest absolute Gasteiger partial charge is 0.226 e. The van der Waals surface area contributed by atoms with Crippen LogP contribution in [0.4, 0.5) is 0 Å². The molecule has 138 valence electrons. The van der Waals surface area contributed by atoms with Crippen LogP contribution in [0.15, 0.2) is 53.3 Å². The molecule has 10 heteroatoms. The lowest BCUT2D eigenvalue weighted by molar-refractivity contribution is 0.653. The maximum Gasteiger partial charge on any atom is 0.186 e. The van der Waals surface area contributed by atoms with Crippen molar-refractivity contribution >= 4 is 39.1 Å². The minimum absolute atomic E-state index is 0.453. The first-order valence-electron chi connectivity index (χ1n) is 8.01. The van der Waals surface area contributed by atoms with Gasteiger partial charge in [0, 0.05) is 10.0 Å². The predicted octanol–water partition coefficient (Wildman–Crippen LogP) is 4.52. The number of hydrogen-bond donors (Lipinski definition) is 0. The average Bonchev–Trinajstić information content (AvgIpc) is 3.27. The van der Waals surface area contributed by atoms with Gasteiger partial charge in [0.05, 0.1) is 35.6 Å². The van der Waals surface area contributed by atoms with Gasteiger partial charge in [-0.25, -0.2) is 9.36 Å². The van der Waals surface area contributed by atoms with Crippen molar-refractivity contribution in [3.05, 3.63) is 74.4 Å². The quantitative estimate of drug-likeness (QED) is 0.434. The Morgan fingerprint density at radius 2 is 1.79 bits per heavy atom. The number of nitriles is 1. The SMILES string of the molecule is N#Cc1ccc(Cn2nnnc2-c2cnn(-c3cc(Cl)cc(Cl)c3)c2Br)cc1. The highest BCUT2D eigenvalue weighted by Gasteiger charge is 2.18. The molecule has 0 bridgehead atoms. The van der Waals surface area contributed by atoms with Gasteiger partial charge in [-0.2, -0.15) is 10.4 Å². The lowest BCUT2D eigenvalue weighted by atomic mass is 10.1. The fourth-order valence-corrected chi connectivity index (χ4v) is 3.78. The van der Waals surface area contributed by atoms with Crippen molar-refractivity contribution in [2.24, 2.45) is 0 Å². The van der Waals surface area contributed by atoms with Crippen LogP contribution in [0.3, 0.4) is 0 Å². The monoisotopic (exact) mass is 473 g/mol. The third kappa shape index (κ3) is 3.64. The third-order valence-corrected chi connectivity index (χ3v) is 5.19. The van der Waals surface area contributed by atoms with Crippen molar-refractivity contribution in [2.45, 2.75) is 6.54 Å². The van der Waals surface area contributed by atoms with Crippen LogP contribution in [0.25, 0.3) is 17.1 Å². The molecule has 2 aromatic carbocycles. The highest BCUT2D eigenvalue weighted by molar-refractivity contribution is 9.10. The Hall–Kier alpha value is -2.73. The second kappa shape index (κ2) is 7.72. The van der Waals surface area contributed by atoms with E-state index in [0.717, 1.165) is 11.1 Å². The van der Waals surface area contributed by atoms with Crippen molar-refractivity contribution < 1.29 is 0 Å². The lowest BCUT2D eigenvalue weighted by Crippen LogP contribution is -2.04. The number of tetrazole rings is 1. The first-order valence-corrected chi connectivity index (χ1v) is 9.55. The van der Waals surface area contributed by atoms with E-state index < -0.39 is 0 Å². The zero-order chi connectivity index (χ0) is 19.7. The Morgan fingerprint density at radius 1 is 1.07 bits per heavy atom. The molecule has 4 rings (SSSR count). The molecule has 0 amide bonds. The molecule has 0 aliphatic rings. The van der Waals surface area contributed by atoms with Crippen LogP contribution in [-0.4, -0.2) is 30.0 Å². The van der Waals surface area contributed by atoms with Crippen LogP contribution in [0.2, 0.25) is 10.0 Å². The zero-order valence-electron chi connectivity index (χ0n) is 14.1. The molecule has 0 aliphatic heterocycles. The molecule has 0 unspecified atom stereocenters. The molecule has 0 spiro atoms. The molecule has 0 saturated carbocycles. The van der Waals surface area contributed by atoms with Crippen LogP contribution in [0.5, 0.6) is 0 Å². The smallest absolute Gasteiger partial charge is 0.186 e. The van der Waals surface area contributed by atoms with Gasteiger partial charge >= 0.3 is 0 Å². The summed E-state index contributed by atoms with van der Waals surface area (Å²) in [5, 5.41) is 26.3. The van der Waals surface area contributed by atoms with E-state index in [2.05, 4.69) is 42.6 Å². The van der Waals surface area contributed by atoms with Crippen LogP contribution in [-0.2, 0) is 6.54 Å². The van der Waals surface area contributed by atoms with E-state index >= 15 is 0 Å². The Kier molecular flexibility index (Phi) is 5.13. The summed E-state index contributed by atoms with van der Waals surface area (Å²) in [5.74, 6) is 0.551. The molecule has 28 heavy (non-hydrogen) atoms. The number of benzene rings is 2. The number of hydrogen-bond acceptors (Lipinski definition) is 5. The molecule has 0 aliphatic carbocycles. The number of rotatable bonds is 4. The fourth-order valence-electron chi connectivity index (χ4n) is 2.69. The summed E-state index contributed by atoms with van der Waals surface area (Å²) in [7, 11) is 0. The van der Waals surface area contributed by atoms with Gasteiger partial charge in [0.25, 0.3) is 0 Å². The summed E-state index contributed by atoms with van der Waals surface area (Å²) < 4.78 is 3.99. The van der Waals surface area contributed by atoms with Crippen molar-refractivity contribution in [1.29, 1.82) is 5.26 Å². The van der Waals surface area contributed by atoms with E-state index in [1.165, 1.54) is 0 Å². The second-order valence-corrected chi connectivity index (χ2v) is 7.48. The summed E-state index contributed by atoms with van der Waals surface area (Å²) in [6.07, 6.45) is 1.67. The summed E-state index contributed by atoms with van der Waals surface area (Å²) in [4.78, 5) is 0. The van der Waals surface area contributed by atoms with Gasteiger partial charge in [-0.1, -0.05) is 35.3 Å². The van der Waals surface area contributed by atoms with Gasteiger partial charge in [0.1, 0.15) is 4.60 Å². The van der Waals surface area contributed by atoms with Gasteiger partial charge in [0.2, 0.25) is 0 Å². The van der Waals surface area contributed by atoms with E-state index in [-0.39, 0.29) is 0 Å². The van der Waals surface area contributed by atoms with E-state index in [0.29, 0.717) is 38.3 Å². The molecule has 0 atom stereocenters. The summed E-state index contributed by atoms with van der Waals surface area (Å²) in [5.41, 5.74) is 3.00. The van der Waals surface area contributed by atoms with E-state index in [1.807, 2.05) is 12.1 Å². The van der Waals surface area contributed by atoms with Gasteiger partial charge in [-0.3, -0.25) is 0 Å². The molecule has 7 nitrogen and oxygen atoms in total. The Bertz CT molecular complexity index is 1170. The van der Waals surface area contributed by atoms with Gasteiger partial charge in [-0.15, -0.1) is 5.10 Å². The number of aromatic nitrogens is 6. The first-order chi connectivity index (χ1) is 13.5. The molecule has 0 radical (unpaired) electrons. The molecule has 2 aromatic heterocycles. The van der Waals surface area contributed by atoms with Gasteiger partial charge in [-0.05, 0) is 62.3 Å². The van der Waals surface area contributed by atoms with Crippen molar-refractivity contribution in [3.63, 3.8) is 0 Å². The number of halogens is 3. The minimum atomic E-state index is 0.453. The highest BCUT2D eigenvalue weighted by Crippen LogP contribution is 2.30. The Balaban J connectivity index is 1.68. The topological polar surface area (TPSA) is 85.2 Å². The van der Waals surface area contributed by atoms with Crippen molar-refractivity contribution in [3.8, 4) is 23.1 Å². The summed E-state index contributed by atoms with van der Waals surface area (Å²) >= 11 is 15.8. The Labute approximate surface area is 178 Å². The van der Waals surface area contributed by atoms with Crippen LogP contribution in [0, 0.1) is 11.3 Å². The third-order valence-electron chi connectivity index (χ3n) is 3.99.